The molecule has 0 aliphatic heterocycles. The third-order valence-electron chi connectivity index (χ3n) is 2.22. The van der Waals surface area contributed by atoms with Crippen molar-refractivity contribution in [3.8, 4) is 11.5 Å². The maximum Gasteiger partial charge on any atom is 0.260 e. The fraction of sp³-hybridized carbons (Fsp3) is 0.500. The Labute approximate surface area is 115 Å². The molecule has 0 atom stereocenters. The Morgan fingerprint density at radius 3 is 2.72 bits per heavy atom. The van der Waals surface area contributed by atoms with E-state index in [0.717, 1.165) is 21.2 Å². The molecular formula is C12H17N3OS2. The van der Waals surface area contributed by atoms with E-state index in [1.54, 1.807) is 11.8 Å². The Morgan fingerprint density at radius 1 is 1.44 bits per heavy atom. The number of hydrogen-bond donors (Lipinski definition) is 1. The van der Waals surface area contributed by atoms with Crippen LogP contribution in [0.15, 0.2) is 10.6 Å². The molecule has 0 aliphatic carbocycles. The van der Waals surface area contributed by atoms with E-state index in [9.17, 15) is 0 Å². The summed E-state index contributed by atoms with van der Waals surface area (Å²) in [6.07, 6.45) is 0. The summed E-state index contributed by atoms with van der Waals surface area (Å²) in [6.45, 7) is 8.51. The molecule has 98 valence electrons. The lowest BCUT2D eigenvalue weighted by Gasteiger charge is -2.15. The first kappa shape index (κ1) is 13.4. The Kier molecular flexibility index (Phi) is 3.68. The molecular weight excluding hydrogens is 266 g/mol. The Hall–Kier alpha value is -1.01. The normalized spacial score (nSPS) is 12.0. The first-order chi connectivity index (χ1) is 8.35. The number of rotatable bonds is 3. The van der Waals surface area contributed by atoms with Crippen LogP contribution in [0.1, 0.15) is 31.5 Å². The maximum atomic E-state index is 5.91. The summed E-state index contributed by atoms with van der Waals surface area (Å²) in [7, 11) is 0. The smallest absolute Gasteiger partial charge is 0.260 e. The first-order valence-electron chi connectivity index (χ1n) is 5.68. The number of aromatic nitrogens is 2. The minimum Gasteiger partial charge on any atom is -0.390 e. The molecule has 2 heterocycles. The van der Waals surface area contributed by atoms with Crippen LogP contribution in [-0.2, 0) is 5.75 Å². The summed E-state index contributed by atoms with van der Waals surface area (Å²) in [5.74, 6) is 1.98. The van der Waals surface area contributed by atoms with E-state index in [-0.39, 0.29) is 4.75 Å². The number of hydrogen-bond acceptors (Lipinski definition) is 6. The zero-order valence-electron chi connectivity index (χ0n) is 11.0. The van der Waals surface area contributed by atoms with E-state index >= 15 is 0 Å². The lowest BCUT2D eigenvalue weighted by Crippen LogP contribution is -2.07. The predicted molar refractivity (Wildman–Crippen MR) is 77.8 cm³/mol. The number of nitrogens with zero attached hydrogens (tertiary/aromatic N) is 2. The van der Waals surface area contributed by atoms with E-state index in [0.29, 0.717) is 11.7 Å². The van der Waals surface area contributed by atoms with Gasteiger partial charge >= 0.3 is 0 Å². The van der Waals surface area contributed by atoms with Crippen LogP contribution in [0.2, 0.25) is 0 Å². The summed E-state index contributed by atoms with van der Waals surface area (Å²) in [4.78, 5) is 5.53. The van der Waals surface area contributed by atoms with Crippen molar-refractivity contribution in [3.63, 3.8) is 0 Å². The molecule has 0 amide bonds. The number of nitrogen functional groups attached to an aromatic ring is 1. The maximum absolute atomic E-state index is 5.91. The van der Waals surface area contributed by atoms with Crippen LogP contribution < -0.4 is 5.73 Å². The van der Waals surface area contributed by atoms with Crippen molar-refractivity contribution < 1.29 is 4.52 Å². The zero-order valence-corrected chi connectivity index (χ0v) is 12.6. The third kappa shape index (κ3) is 3.26. The van der Waals surface area contributed by atoms with Gasteiger partial charge in [0.05, 0.1) is 16.3 Å². The second-order valence-electron chi connectivity index (χ2n) is 5.05. The highest BCUT2D eigenvalue weighted by Crippen LogP contribution is 2.33. The first-order valence-corrected chi connectivity index (χ1v) is 7.48. The molecule has 2 rings (SSSR count). The third-order valence-corrected chi connectivity index (χ3v) is 4.36. The summed E-state index contributed by atoms with van der Waals surface area (Å²) < 4.78 is 5.46. The standard InChI is InChI=1S/C12H17N3OS2/c1-7-5-8(10(13)18-7)11-14-9(15-16-11)6-17-12(2,3)4/h5H,6,13H2,1-4H3. The molecule has 2 aromatic heterocycles. The molecule has 0 saturated carbocycles. The van der Waals surface area contributed by atoms with Gasteiger partial charge in [-0.25, -0.2) is 0 Å². The molecule has 0 fully saturated rings. The molecule has 18 heavy (non-hydrogen) atoms. The van der Waals surface area contributed by atoms with Crippen LogP contribution >= 0.6 is 23.1 Å². The molecule has 6 heteroatoms. The van der Waals surface area contributed by atoms with Crippen LogP contribution in [0.3, 0.4) is 0 Å². The van der Waals surface area contributed by atoms with E-state index in [2.05, 4.69) is 30.9 Å². The average Bonchev–Trinajstić information content (AvgIpc) is 2.81. The van der Waals surface area contributed by atoms with Crippen LogP contribution in [0.4, 0.5) is 5.00 Å². The fourth-order valence-electron chi connectivity index (χ4n) is 1.40. The predicted octanol–water partition coefficient (Wildman–Crippen LogP) is 3.72. The van der Waals surface area contributed by atoms with Gasteiger partial charge in [0, 0.05) is 9.62 Å². The molecule has 2 aromatic rings. The summed E-state index contributed by atoms with van der Waals surface area (Å²) in [5.41, 5.74) is 6.76. The molecule has 0 aromatic carbocycles. The summed E-state index contributed by atoms with van der Waals surface area (Å²) in [6, 6.07) is 1.98. The monoisotopic (exact) mass is 283 g/mol. The van der Waals surface area contributed by atoms with E-state index < -0.39 is 0 Å². The van der Waals surface area contributed by atoms with Gasteiger partial charge in [0.15, 0.2) is 5.82 Å². The molecule has 0 bridgehead atoms. The highest BCUT2D eigenvalue weighted by Gasteiger charge is 2.16. The van der Waals surface area contributed by atoms with Gasteiger partial charge in [0.2, 0.25) is 0 Å². The van der Waals surface area contributed by atoms with Crippen molar-refractivity contribution in [1.82, 2.24) is 10.1 Å². The van der Waals surface area contributed by atoms with Gasteiger partial charge in [-0.15, -0.1) is 23.1 Å². The lowest BCUT2D eigenvalue weighted by atomic mass is 10.3. The topological polar surface area (TPSA) is 64.9 Å². The van der Waals surface area contributed by atoms with Crippen molar-refractivity contribution >= 4 is 28.1 Å². The number of aryl methyl sites for hydroxylation is 1. The van der Waals surface area contributed by atoms with Gasteiger partial charge in [-0.3, -0.25) is 0 Å². The molecule has 2 N–H and O–H groups in total. The fourth-order valence-corrected chi connectivity index (χ4v) is 2.86. The van der Waals surface area contributed by atoms with E-state index in [1.165, 1.54) is 11.3 Å². The van der Waals surface area contributed by atoms with Gasteiger partial charge in [0.1, 0.15) is 0 Å². The zero-order chi connectivity index (χ0) is 13.3. The minimum atomic E-state index is 0.193. The van der Waals surface area contributed by atoms with Crippen LogP contribution in [0, 0.1) is 6.92 Å². The Bertz CT molecular complexity index is 540. The van der Waals surface area contributed by atoms with Crippen molar-refractivity contribution in [1.29, 1.82) is 0 Å². The number of nitrogens with two attached hydrogens (primary N) is 1. The van der Waals surface area contributed by atoms with Crippen LogP contribution in [-0.4, -0.2) is 14.9 Å². The second-order valence-corrected chi connectivity index (χ2v) is 8.14. The van der Waals surface area contributed by atoms with Gasteiger partial charge < -0.3 is 10.3 Å². The molecule has 0 saturated heterocycles. The van der Waals surface area contributed by atoms with E-state index in [1.807, 2.05) is 13.0 Å². The highest BCUT2D eigenvalue weighted by molar-refractivity contribution is 7.99. The van der Waals surface area contributed by atoms with Crippen molar-refractivity contribution in [2.24, 2.45) is 0 Å². The SMILES string of the molecule is Cc1cc(-c2nc(CSC(C)(C)C)no2)c(N)s1. The molecule has 4 nitrogen and oxygen atoms in total. The quantitative estimate of drug-likeness (QED) is 0.930. The van der Waals surface area contributed by atoms with Gasteiger partial charge in [-0.05, 0) is 13.0 Å². The second kappa shape index (κ2) is 4.93. The number of anilines is 1. The number of thioether (sulfide) groups is 1. The van der Waals surface area contributed by atoms with Gasteiger partial charge in [-0.1, -0.05) is 25.9 Å². The molecule has 0 spiro atoms. The van der Waals surface area contributed by atoms with Gasteiger partial charge in [0.25, 0.3) is 5.89 Å². The number of thiophene rings is 1. The minimum absolute atomic E-state index is 0.193. The molecule has 0 radical (unpaired) electrons. The van der Waals surface area contributed by atoms with Crippen LogP contribution in [0.5, 0.6) is 0 Å². The Balaban J connectivity index is 2.13. The van der Waals surface area contributed by atoms with E-state index in [4.69, 9.17) is 10.3 Å². The largest absolute Gasteiger partial charge is 0.390 e. The van der Waals surface area contributed by atoms with Crippen molar-refractivity contribution in [2.75, 3.05) is 5.73 Å². The molecule has 0 unspecified atom stereocenters. The summed E-state index contributed by atoms with van der Waals surface area (Å²) in [5, 5.41) is 4.72. The lowest BCUT2D eigenvalue weighted by molar-refractivity contribution is 0.425. The van der Waals surface area contributed by atoms with Crippen molar-refractivity contribution in [3.05, 3.63) is 16.8 Å². The van der Waals surface area contributed by atoms with Crippen LogP contribution in [0.25, 0.3) is 11.5 Å². The van der Waals surface area contributed by atoms with Gasteiger partial charge in [-0.2, -0.15) is 4.98 Å². The Morgan fingerprint density at radius 2 is 2.17 bits per heavy atom. The highest BCUT2D eigenvalue weighted by atomic mass is 32.2. The summed E-state index contributed by atoms with van der Waals surface area (Å²) >= 11 is 3.33. The van der Waals surface area contributed by atoms with Crippen molar-refractivity contribution in [2.45, 2.75) is 38.2 Å². The molecule has 0 aliphatic rings. The average molecular weight is 283 g/mol.